The van der Waals surface area contributed by atoms with Gasteiger partial charge in [0.1, 0.15) is 18.1 Å². The first kappa shape index (κ1) is 54.5. The summed E-state index contributed by atoms with van der Waals surface area (Å²) >= 11 is 0. The van der Waals surface area contributed by atoms with Crippen molar-refractivity contribution in [2.75, 3.05) is 79.0 Å². The fraction of sp³-hybridized carbons (Fsp3) is 0.600. The average Bonchev–Trinajstić information content (AvgIpc) is 4.14. The molecule has 17 nitrogen and oxygen atoms in total. The van der Waals surface area contributed by atoms with E-state index < -0.39 is 47.5 Å². The summed E-state index contributed by atoms with van der Waals surface area (Å²) in [4.78, 5) is 88.2. The minimum absolute atomic E-state index is 0.0526. The molecule has 414 valence electrons. The van der Waals surface area contributed by atoms with Gasteiger partial charge in [0.05, 0.1) is 48.1 Å². The van der Waals surface area contributed by atoms with Crippen LogP contribution in [0.4, 0.5) is 5.69 Å². The van der Waals surface area contributed by atoms with E-state index in [1.165, 1.54) is 22.8 Å². The molecule has 2 N–H and O–H groups in total. The molecule has 7 heterocycles. The molecule has 5 aliphatic heterocycles. The second-order valence-electron chi connectivity index (χ2n) is 24.1. The van der Waals surface area contributed by atoms with E-state index in [-0.39, 0.29) is 42.8 Å². The SMILES string of the molecule is CCn1c(-c2cc(N3CCN(C4CC4)CC3)cnc2[C@H](C)OC)c2c3cc(ccc31)-c1cc3cc(c1)C[C@H](NC(=O)[C@H](C(C)C)N(C)C(=O)[C@H]1CC[C@@H](C(=O)N(C)C)N1CC3)C(=O)N1CCC[C@H](N1)C(=O)OCC(C)(C)C2. The van der Waals surface area contributed by atoms with Crippen molar-refractivity contribution >= 4 is 46.2 Å². The van der Waals surface area contributed by atoms with Crippen molar-refractivity contribution in [1.29, 1.82) is 0 Å². The van der Waals surface area contributed by atoms with Crippen LogP contribution in [0.3, 0.4) is 0 Å². The van der Waals surface area contributed by atoms with Crippen LogP contribution in [-0.4, -0.2) is 174 Å². The Balaban J connectivity index is 1.15. The number of pyridine rings is 1. The molecule has 0 unspecified atom stereocenters. The molecular formula is C60H82N10O7. The lowest BCUT2D eigenvalue weighted by Gasteiger charge is -2.38. The molecule has 4 aromatic rings. The number of nitrogens with one attached hydrogen (secondary N) is 2. The zero-order valence-corrected chi connectivity index (χ0v) is 47.2. The molecule has 4 fully saturated rings. The summed E-state index contributed by atoms with van der Waals surface area (Å²) in [5.41, 5.74) is 12.7. The van der Waals surface area contributed by atoms with E-state index in [1.807, 2.05) is 20.0 Å². The molecule has 3 saturated heterocycles. The van der Waals surface area contributed by atoms with Gasteiger partial charge in [-0.15, -0.1) is 0 Å². The Hall–Kier alpha value is -5.88. The molecule has 0 spiro atoms. The summed E-state index contributed by atoms with van der Waals surface area (Å²) in [6.45, 7) is 17.8. The van der Waals surface area contributed by atoms with Gasteiger partial charge in [0.25, 0.3) is 5.91 Å². The third-order valence-electron chi connectivity index (χ3n) is 17.4. The number of carbonyl (C=O) groups excluding carboxylic acids is 5. The Labute approximate surface area is 454 Å². The standard InChI is InChI=1S/C60H82N10O7/c1-11-68-49-17-14-40-31-44(49)46(54(68)45-32-43(34-61-52(45)37(4)76-10)67-25-23-66(24-26-67)42-15-16-42)33-60(5,6)35-77-59(75)47-13-12-21-70(63-47)56(72)48-30-39-27-38(28-41(40)29-39)20-22-69-50(57(73)64(7)8)18-19-51(69)58(74)65(9)53(36(2)3)55(71)62-48/h14,17,27-29,31-32,34,36-37,42,47-48,50-51,53,63H,11-13,15-16,18-26,30,33,35H2,1-10H3,(H,62,71)/t37-,47-,48-,50-,51+,53-/m0/s1. The lowest BCUT2D eigenvalue weighted by atomic mass is 9.84. The van der Waals surface area contributed by atoms with Crippen LogP contribution in [0.5, 0.6) is 0 Å². The summed E-state index contributed by atoms with van der Waals surface area (Å²) in [5.74, 6) is -1.85. The largest absolute Gasteiger partial charge is 0.464 e. The molecule has 1 aliphatic carbocycles. The molecular weight excluding hydrogens is 973 g/mol. The predicted octanol–water partition coefficient (Wildman–Crippen LogP) is 5.99. The monoisotopic (exact) mass is 1050 g/mol. The zero-order chi connectivity index (χ0) is 54.6. The van der Waals surface area contributed by atoms with Gasteiger partial charge in [0.15, 0.2) is 0 Å². The topological polar surface area (TPSA) is 165 Å². The van der Waals surface area contributed by atoms with Gasteiger partial charge in [0.2, 0.25) is 17.7 Å². The second kappa shape index (κ2) is 22.1. The number of ether oxygens (including phenoxy) is 2. The average molecular weight is 1060 g/mol. The first-order chi connectivity index (χ1) is 36.8. The maximum Gasteiger partial charge on any atom is 0.324 e. The minimum Gasteiger partial charge on any atom is -0.464 e. The lowest BCUT2D eigenvalue weighted by molar-refractivity contribution is -0.155. The van der Waals surface area contributed by atoms with E-state index in [0.717, 1.165) is 93.6 Å². The fourth-order valence-corrected chi connectivity index (χ4v) is 13.1. The van der Waals surface area contributed by atoms with Crippen LogP contribution in [0.1, 0.15) is 109 Å². The molecule has 6 aliphatic rings. The molecule has 0 radical (unpaired) electrons. The minimum atomic E-state index is -1.05. The van der Waals surface area contributed by atoms with Crippen LogP contribution in [0, 0.1) is 11.3 Å². The van der Waals surface area contributed by atoms with Crippen molar-refractivity contribution in [2.24, 2.45) is 11.3 Å². The highest BCUT2D eigenvalue weighted by Crippen LogP contribution is 2.44. The number of nitrogens with zero attached hydrogens (tertiary/aromatic N) is 8. The highest BCUT2D eigenvalue weighted by molar-refractivity contribution is 5.97. The van der Waals surface area contributed by atoms with E-state index in [0.29, 0.717) is 58.2 Å². The van der Waals surface area contributed by atoms with Gasteiger partial charge >= 0.3 is 5.97 Å². The number of methoxy groups -OCH3 is 1. The number of likely N-dealkylation sites (N-methyl/N-ethyl adjacent to an activating group) is 2. The first-order valence-corrected chi connectivity index (χ1v) is 28.4. The predicted molar refractivity (Wildman–Crippen MR) is 298 cm³/mol. The van der Waals surface area contributed by atoms with E-state index >= 15 is 4.79 Å². The Kier molecular flexibility index (Phi) is 15.6. The van der Waals surface area contributed by atoms with E-state index in [4.69, 9.17) is 14.5 Å². The summed E-state index contributed by atoms with van der Waals surface area (Å²) in [5, 5.41) is 5.70. The number of piperazine rings is 1. The van der Waals surface area contributed by atoms with Crippen LogP contribution in [0.15, 0.2) is 48.7 Å². The highest BCUT2D eigenvalue weighted by atomic mass is 16.5. The van der Waals surface area contributed by atoms with Crippen LogP contribution in [0.2, 0.25) is 0 Å². The Morgan fingerprint density at radius 1 is 0.883 bits per heavy atom. The van der Waals surface area contributed by atoms with Crippen LogP contribution >= 0.6 is 0 Å². The number of hydrogen-bond acceptors (Lipinski definition) is 12. The summed E-state index contributed by atoms with van der Waals surface area (Å²) in [7, 11) is 6.90. The van der Waals surface area contributed by atoms with Crippen molar-refractivity contribution < 1.29 is 33.4 Å². The van der Waals surface area contributed by atoms with Crippen LogP contribution in [-0.2, 0) is 59.3 Å². The molecule has 8 bridgehead atoms. The third-order valence-corrected chi connectivity index (χ3v) is 17.4. The highest BCUT2D eigenvalue weighted by Gasteiger charge is 2.46. The van der Waals surface area contributed by atoms with Gasteiger partial charge in [-0.1, -0.05) is 52.0 Å². The number of hydrazine groups is 1. The number of cyclic esters (lactones) is 1. The molecule has 17 heteroatoms. The van der Waals surface area contributed by atoms with Crippen molar-refractivity contribution in [3.05, 3.63) is 71.0 Å². The first-order valence-electron chi connectivity index (χ1n) is 28.4. The number of amides is 4. The normalized spacial score (nSPS) is 25.4. The van der Waals surface area contributed by atoms with Crippen LogP contribution < -0.4 is 15.6 Å². The smallest absolute Gasteiger partial charge is 0.324 e. The Morgan fingerprint density at radius 3 is 2.34 bits per heavy atom. The number of aromatic nitrogens is 2. The molecule has 6 atom stereocenters. The van der Waals surface area contributed by atoms with Crippen molar-refractivity contribution in [2.45, 2.75) is 148 Å². The van der Waals surface area contributed by atoms with E-state index in [1.54, 1.807) is 33.2 Å². The Morgan fingerprint density at radius 2 is 1.64 bits per heavy atom. The van der Waals surface area contributed by atoms with E-state index in [9.17, 15) is 19.2 Å². The molecule has 1 saturated carbocycles. The lowest BCUT2D eigenvalue weighted by Crippen LogP contribution is -2.62. The fourth-order valence-electron chi connectivity index (χ4n) is 13.1. The van der Waals surface area contributed by atoms with E-state index in [2.05, 4.69) is 100 Å². The maximum atomic E-state index is 15.0. The summed E-state index contributed by atoms with van der Waals surface area (Å²) in [6, 6.07) is 12.3. The number of carbonyl (C=O) groups is 5. The second-order valence-corrected chi connectivity index (χ2v) is 24.1. The van der Waals surface area contributed by atoms with Crippen molar-refractivity contribution in [3.63, 3.8) is 0 Å². The van der Waals surface area contributed by atoms with Crippen molar-refractivity contribution in [3.8, 4) is 22.4 Å². The van der Waals surface area contributed by atoms with Gasteiger partial charge in [-0.2, -0.15) is 0 Å². The number of aryl methyl sites for hydroxylation is 1. The van der Waals surface area contributed by atoms with Gasteiger partial charge in [-0.25, -0.2) is 5.43 Å². The van der Waals surface area contributed by atoms with Gasteiger partial charge in [-0.05, 0) is 117 Å². The van der Waals surface area contributed by atoms with Gasteiger partial charge < -0.3 is 34.1 Å². The molecule has 77 heavy (non-hydrogen) atoms. The zero-order valence-electron chi connectivity index (χ0n) is 47.2. The summed E-state index contributed by atoms with van der Waals surface area (Å²) < 4.78 is 14.8. The van der Waals surface area contributed by atoms with Crippen LogP contribution in [0.25, 0.3) is 33.3 Å². The molecule has 2 aromatic heterocycles. The molecule has 4 amide bonds. The quantitative estimate of drug-likeness (QED) is 0.199. The van der Waals surface area contributed by atoms with Gasteiger partial charge in [0, 0.05) is 108 Å². The number of benzene rings is 2. The maximum absolute atomic E-state index is 15.0. The third kappa shape index (κ3) is 11.0. The van der Waals surface area contributed by atoms with Crippen molar-refractivity contribution in [1.82, 2.24) is 44.9 Å². The number of rotatable bonds is 8. The number of hydrogen-bond donors (Lipinski definition) is 2. The van der Waals surface area contributed by atoms with Gasteiger partial charge in [-0.3, -0.25) is 43.8 Å². The number of anilines is 1. The molecule has 10 rings (SSSR count). The molecule has 2 aromatic carbocycles. The number of esters is 1. The summed E-state index contributed by atoms with van der Waals surface area (Å²) in [6.07, 6.45) is 7.55. The Bertz CT molecular complexity index is 2900. The number of fused-ring (bicyclic) bond motifs is 8.